The molecule has 1 aliphatic heterocycles. The molecule has 1 unspecified atom stereocenters. The van der Waals surface area contributed by atoms with E-state index in [-0.39, 0.29) is 0 Å². The predicted octanol–water partition coefficient (Wildman–Crippen LogP) is 1.46. The first-order chi connectivity index (χ1) is 8.16. The van der Waals surface area contributed by atoms with Crippen LogP contribution in [-0.2, 0) is 5.72 Å². The van der Waals surface area contributed by atoms with Crippen LogP contribution in [0.25, 0.3) is 0 Å². The average Bonchev–Trinajstić information content (AvgIpc) is 2.39. The molecule has 1 aliphatic rings. The molecule has 1 aromatic rings. The number of benzene rings is 1. The Kier molecular flexibility index (Phi) is 3.82. The number of hydrogen-bond donors (Lipinski definition) is 2. The summed E-state index contributed by atoms with van der Waals surface area (Å²) in [5.74, 6) is 0. The Balaban J connectivity index is 2.29. The van der Waals surface area contributed by atoms with Gasteiger partial charge in [0.2, 0.25) is 0 Å². The maximum absolute atomic E-state index is 10.9. The summed E-state index contributed by atoms with van der Waals surface area (Å²) in [6.45, 7) is 7.82. The van der Waals surface area contributed by atoms with E-state index in [2.05, 4.69) is 29.3 Å². The second-order valence-electron chi connectivity index (χ2n) is 4.78. The largest absolute Gasteiger partial charge is 0.371 e. The molecule has 0 bridgehead atoms. The van der Waals surface area contributed by atoms with Crippen molar-refractivity contribution in [1.82, 2.24) is 10.2 Å². The van der Waals surface area contributed by atoms with E-state index < -0.39 is 5.72 Å². The van der Waals surface area contributed by atoms with Crippen molar-refractivity contribution < 1.29 is 5.11 Å². The Hall–Kier alpha value is -0.900. The second kappa shape index (κ2) is 5.17. The Bertz CT molecular complexity index is 374. The SMILES string of the molecule is CCC(O)(c1cccc(C)c1)N1CCNCC1. The van der Waals surface area contributed by atoms with Crippen molar-refractivity contribution in [3.63, 3.8) is 0 Å². The minimum Gasteiger partial charge on any atom is -0.371 e. The third-order valence-corrected chi connectivity index (χ3v) is 3.61. The molecule has 2 N–H and O–H groups in total. The highest BCUT2D eigenvalue weighted by Gasteiger charge is 2.34. The highest BCUT2D eigenvalue weighted by atomic mass is 16.3. The van der Waals surface area contributed by atoms with E-state index in [9.17, 15) is 5.11 Å². The molecule has 0 amide bonds. The van der Waals surface area contributed by atoms with E-state index in [0.29, 0.717) is 0 Å². The lowest BCUT2D eigenvalue weighted by Gasteiger charge is -2.42. The Morgan fingerprint density at radius 2 is 2.06 bits per heavy atom. The predicted molar refractivity (Wildman–Crippen MR) is 69.8 cm³/mol. The topological polar surface area (TPSA) is 35.5 Å². The van der Waals surface area contributed by atoms with Crippen molar-refractivity contribution in [3.05, 3.63) is 35.4 Å². The van der Waals surface area contributed by atoms with Gasteiger partial charge in [0.1, 0.15) is 5.72 Å². The molecular weight excluding hydrogens is 212 g/mol. The van der Waals surface area contributed by atoms with E-state index in [0.717, 1.165) is 38.2 Å². The van der Waals surface area contributed by atoms with E-state index in [4.69, 9.17) is 0 Å². The van der Waals surface area contributed by atoms with Gasteiger partial charge in [-0.15, -0.1) is 0 Å². The van der Waals surface area contributed by atoms with E-state index in [1.54, 1.807) is 0 Å². The molecule has 0 aliphatic carbocycles. The van der Waals surface area contributed by atoms with Crippen molar-refractivity contribution in [2.75, 3.05) is 26.2 Å². The number of hydrogen-bond acceptors (Lipinski definition) is 3. The standard InChI is InChI=1S/C14H22N2O/c1-3-14(17,16-9-7-15-8-10-16)13-6-4-5-12(2)11-13/h4-6,11,15,17H,3,7-10H2,1-2H3. The smallest absolute Gasteiger partial charge is 0.144 e. The van der Waals surface area contributed by atoms with E-state index in [1.807, 2.05) is 19.1 Å². The fourth-order valence-electron chi connectivity index (χ4n) is 2.54. The van der Waals surface area contributed by atoms with Crippen LogP contribution in [0.2, 0.25) is 0 Å². The van der Waals surface area contributed by atoms with Gasteiger partial charge in [-0.2, -0.15) is 0 Å². The fraction of sp³-hybridized carbons (Fsp3) is 0.571. The van der Waals surface area contributed by atoms with Gasteiger partial charge in [-0.1, -0.05) is 36.8 Å². The minimum atomic E-state index is -0.811. The second-order valence-corrected chi connectivity index (χ2v) is 4.78. The van der Waals surface area contributed by atoms with Crippen LogP contribution in [0.4, 0.5) is 0 Å². The highest BCUT2D eigenvalue weighted by molar-refractivity contribution is 5.27. The van der Waals surface area contributed by atoms with E-state index in [1.165, 1.54) is 5.56 Å². The van der Waals surface area contributed by atoms with Gasteiger partial charge < -0.3 is 10.4 Å². The molecule has 1 aromatic carbocycles. The first-order valence-electron chi connectivity index (χ1n) is 6.42. The number of rotatable bonds is 3. The first kappa shape index (κ1) is 12.6. The quantitative estimate of drug-likeness (QED) is 0.831. The molecule has 17 heavy (non-hydrogen) atoms. The zero-order valence-electron chi connectivity index (χ0n) is 10.7. The van der Waals surface area contributed by atoms with Gasteiger partial charge in [-0.05, 0) is 18.9 Å². The molecule has 1 saturated heterocycles. The number of aryl methyl sites for hydroxylation is 1. The maximum Gasteiger partial charge on any atom is 0.144 e. The zero-order valence-corrected chi connectivity index (χ0v) is 10.7. The molecular formula is C14H22N2O. The molecule has 0 saturated carbocycles. The van der Waals surface area contributed by atoms with Crippen molar-refractivity contribution in [3.8, 4) is 0 Å². The average molecular weight is 234 g/mol. The van der Waals surface area contributed by atoms with Crippen molar-refractivity contribution in [1.29, 1.82) is 0 Å². The molecule has 2 rings (SSSR count). The fourth-order valence-corrected chi connectivity index (χ4v) is 2.54. The van der Waals surface area contributed by atoms with Crippen LogP contribution >= 0.6 is 0 Å². The Morgan fingerprint density at radius 1 is 1.35 bits per heavy atom. The van der Waals surface area contributed by atoms with Crippen LogP contribution in [0, 0.1) is 6.92 Å². The van der Waals surface area contributed by atoms with Gasteiger partial charge in [0.15, 0.2) is 0 Å². The monoisotopic (exact) mass is 234 g/mol. The summed E-state index contributed by atoms with van der Waals surface area (Å²) < 4.78 is 0. The lowest BCUT2D eigenvalue weighted by atomic mass is 9.96. The molecule has 94 valence electrons. The van der Waals surface area contributed by atoms with Crippen molar-refractivity contribution >= 4 is 0 Å². The number of aliphatic hydroxyl groups is 1. The summed E-state index contributed by atoms with van der Waals surface area (Å²) in [5.41, 5.74) is 1.40. The molecule has 0 spiro atoms. The summed E-state index contributed by atoms with van der Waals surface area (Å²) in [6.07, 6.45) is 0.719. The van der Waals surface area contributed by atoms with Crippen LogP contribution in [0.15, 0.2) is 24.3 Å². The van der Waals surface area contributed by atoms with Gasteiger partial charge >= 0.3 is 0 Å². The van der Waals surface area contributed by atoms with Gasteiger partial charge in [-0.3, -0.25) is 4.90 Å². The highest BCUT2D eigenvalue weighted by Crippen LogP contribution is 2.29. The van der Waals surface area contributed by atoms with E-state index >= 15 is 0 Å². The molecule has 1 atom stereocenters. The number of nitrogens with zero attached hydrogens (tertiary/aromatic N) is 1. The molecule has 1 heterocycles. The summed E-state index contributed by atoms with van der Waals surface area (Å²) in [7, 11) is 0. The molecule has 3 heteroatoms. The normalized spacial score (nSPS) is 21.1. The lowest BCUT2D eigenvalue weighted by molar-refractivity contribution is -0.123. The van der Waals surface area contributed by atoms with Crippen LogP contribution in [-0.4, -0.2) is 36.2 Å². The Morgan fingerprint density at radius 3 is 2.65 bits per heavy atom. The minimum absolute atomic E-state index is 0.719. The van der Waals surface area contributed by atoms with Crippen molar-refractivity contribution in [2.24, 2.45) is 0 Å². The van der Waals surface area contributed by atoms with Crippen LogP contribution in [0.1, 0.15) is 24.5 Å². The molecule has 0 aromatic heterocycles. The van der Waals surface area contributed by atoms with Crippen LogP contribution < -0.4 is 5.32 Å². The molecule has 0 radical (unpaired) electrons. The molecule has 1 fully saturated rings. The first-order valence-corrected chi connectivity index (χ1v) is 6.42. The lowest BCUT2D eigenvalue weighted by Crippen LogP contribution is -2.54. The van der Waals surface area contributed by atoms with Crippen LogP contribution in [0.3, 0.4) is 0 Å². The van der Waals surface area contributed by atoms with Crippen LogP contribution in [0.5, 0.6) is 0 Å². The number of piperazine rings is 1. The Labute approximate surface area is 103 Å². The third kappa shape index (κ3) is 2.51. The summed E-state index contributed by atoms with van der Waals surface area (Å²) in [5, 5.41) is 14.3. The maximum atomic E-state index is 10.9. The third-order valence-electron chi connectivity index (χ3n) is 3.61. The molecule has 3 nitrogen and oxygen atoms in total. The van der Waals surface area contributed by atoms with Gasteiger partial charge in [-0.25, -0.2) is 0 Å². The summed E-state index contributed by atoms with van der Waals surface area (Å²) in [6, 6.07) is 8.20. The zero-order chi connectivity index (χ0) is 12.3. The van der Waals surface area contributed by atoms with Gasteiger partial charge in [0.05, 0.1) is 0 Å². The number of nitrogens with one attached hydrogen (secondary N) is 1. The van der Waals surface area contributed by atoms with Gasteiger partial charge in [0, 0.05) is 26.2 Å². The summed E-state index contributed by atoms with van der Waals surface area (Å²) in [4.78, 5) is 2.18. The summed E-state index contributed by atoms with van der Waals surface area (Å²) >= 11 is 0. The van der Waals surface area contributed by atoms with Gasteiger partial charge in [0.25, 0.3) is 0 Å². The van der Waals surface area contributed by atoms with Crippen molar-refractivity contribution in [2.45, 2.75) is 26.0 Å².